The molecule has 0 unspecified atom stereocenters. The highest BCUT2D eigenvalue weighted by Gasteiger charge is 2.59. The van der Waals surface area contributed by atoms with E-state index in [1.165, 1.54) is 4.90 Å². The van der Waals surface area contributed by atoms with Crippen molar-refractivity contribution >= 4 is 34.8 Å². The number of anilines is 2. The van der Waals surface area contributed by atoms with Gasteiger partial charge in [-0.3, -0.25) is 14.4 Å². The van der Waals surface area contributed by atoms with Crippen LogP contribution in [0.5, 0.6) is 0 Å². The van der Waals surface area contributed by atoms with Crippen LogP contribution in [-0.2, 0) is 14.4 Å². The highest BCUT2D eigenvalue weighted by atomic mass is 35.5. The maximum absolute atomic E-state index is 13.2. The van der Waals surface area contributed by atoms with Crippen molar-refractivity contribution in [1.82, 2.24) is 0 Å². The molecule has 140 valence electrons. The van der Waals surface area contributed by atoms with E-state index >= 15 is 0 Å². The van der Waals surface area contributed by atoms with Crippen molar-refractivity contribution in [3.63, 3.8) is 0 Å². The molecule has 0 N–H and O–H groups in total. The number of para-hydroxylation sites is 1. The lowest BCUT2D eigenvalue weighted by atomic mass is 9.92. The standard InChI is InChI=1S/C21H21ClN2O3/c1-2-3-9-17-18-19(27-24(17)16-7-5-4-6-8-16)21(26)23(20(18)25)15-12-10-14(22)11-13-15/h4-8,10-13,17-19H,2-3,9H2,1H3/t17-,18-,19+/m0/s1. The molecule has 27 heavy (non-hydrogen) atoms. The first-order chi connectivity index (χ1) is 13.1. The van der Waals surface area contributed by atoms with Crippen LogP contribution >= 0.6 is 11.6 Å². The molecule has 2 fully saturated rings. The molecule has 5 nitrogen and oxygen atoms in total. The third-order valence-electron chi connectivity index (χ3n) is 5.19. The number of carbonyl (C=O) groups excluding carboxylic acids is 2. The summed E-state index contributed by atoms with van der Waals surface area (Å²) in [5.74, 6) is -1.01. The topological polar surface area (TPSA) is 49.9 Å². The Labute approximate surface area is 163 Å². The second-order valence-electron chi connectivity index (χ2n) is 6.91. The van der Waals surface area contributed by atoms with Crippen LogP contribution in [-0.4, -0.2) is 24.0 Å². The normalized spacial score (nSPS) is 24.6. The Kier molecular flexibility index (Phi) is 4.89. The summed E-state index contributed by atoms with van der Waals surface area (Å²) in [6, 6.07) is 16.2. The highest BCUT2D eigenvalue weighted by molar-refractivity contribution is 6.31. The van der Waals surface area contributed by atoms with Gasteiger partial charge in [-0.15, -0.1) is 0 Å². The largest absolute Gasteiger partial charge is 0.273 e. The fourth-order valence-electron chi connectivity index (χ4n) is 3.87. The maximum Gasteiger partial charge on any atom is 0.266 e. The highest BCUT2D eigenvalue weighted by Crippen LogP contribution is 2.42. The molecule has 6 heteroatoms. The zero-order valence-corrected chi connectivity index (χ0v) is 15.8. The van der Waals surface area contributed by atoms with Gasteiger partial charge in [-0.1, -0.05) is 49.6 Å². The van der Waals surface area contributed by atoms with Gasteiger partial charge >= 0.3 is 0 Å². The fraction of sp³-hybridized carbons (Fsp3) is 0.333. The number of unbranched alkanes of at least 4 members (excludes halogenated alkanes) is 1. The predicted molar refractivity (Wildman–Crippen MR) is 105 cm³/mol. The Bertz CT molecular complexity index is 840. The van der Waals surface area contributed by atoms with E-state index in [1.807, 2.05) is 30.3 Å². The minimum Gasteiger partial charge on any atom is -0.273 e. The molecule has 0 bridgehead atoms. The van der Waals surface area contributed by atoms with Gasteiger partial charge in [-0.05, 0) is 42.8 Å². The van der Waals surface area contributed by atoms with Crippen LogP contribution in [0.3, 0.4) is 0 Å². The number of nitrogens with zero attached hydrogens (tertiary/aromatic N) is 2. The summed E-state index contributed by atoms with van der Waals surface area (Å²) in [4.78, 5) is 33.5. The Morgan fingerprint density at radius 1 is 0.963 bits per heavy atom. The number of hydrogen-bond acceptors (Lipinski definition) is 4. The molecule has 2 heterocycles. The van der Waals surface area contributed by atoms with Crippen molar-refractivity contribution in [1.29, 1.82) is 0 Å². The third kappa shape index (κ3) is 3.11. The van der Waals surface area contributed by atoms with Gasteiger partial charge in [-0.25, -0.2) is 9.96 Å². The van der Waals surface area contributed by atoms with Crippen molar-refractivity contribution in [2.45, 2.75) is 38.3 Å². The molecule has 2 aliphatic heterocycles. The summed E-state index contributed by atoms with van der Waals surface area (Å²) in [6.07, 6.45) is 1.98. The number of hydrogen-bond donors (Lipinski definition) is 0. The number of benzene rings is 2. The lowest BCUT2D eigenvalue weighted by molar-refractivity contribution is -0.126. The molecule has 2 saturated heterocycles. The Hall–Kier alpha value is -2.37. The summed E-state index contributed by atoms with van der Waals surface area (Å²) < 4.78 is 0. The smallest absolute Gasteiger partial charge is 0.266 e. The summed E-state index contributed by atoms with van der Waals surface area (Å²) in [5, 5.41) is 2.32. The van der Waals surface area contributed by atoms with Crippen molar-refractivity contribution in [2.75, 3.05) is 9.96 Å². The molecule has 0 saturated carbocycles. The Morgan fingerprint density at radius 2 is 1.67 bits per heavy atom. The minimum atomic E-state index is -0.782. The van der Waals surface area contributed by atoms with Gasteiger partial charge in [0.15, 0.2) is 6.10 Å². The van der Waals surface area contributed by atoms with Crippen molar-refractivity contribution in [3.05, 3.63) is 59.6 Å². The second kappa shape index (κ2) is 7.33. The van der Waals surface area contributed by atoms with E-state index in [0.717, 1.165) is 24.9 Å². The molecule has 2 aromatic carbocycles. The summed E-state index contributed by atoms with van der Waals surface area (Å²) in [6.45, 7) is 2.11. The Balaban J connectivity index is 1.66. The molecule has 2 aliphatic rings. The first kappa shape index (κ1) is 18.0. The molecular formula is C21H21ClN2O3. The lowest BCUT2D eigenvalue weighted by Gasteiger charge is -2.28. The van der Waals surface area contributed by atoms with Crippen LogP contribution in [0.4, 0.5) is 11.4 Å². The molecule has 0 spiro atoms. The van der Waals surface area contributed by atoms with Crippen molar-refractivity contribution < 1.29 is 14.4 Å². The van der Waals surface area contributed by atoms with Gasteiger partial charge in [0.25, 0.3) is 5.91 Å². The molecule has 3 atom stereocenters. The van der Waals surface area contributed by atoms with E-state index in [0.29, 0.717) is 10.7 Å². The van der Waals surface area contributed by atoms with Crippen LogP contribution in [0.25, 0.3) is 0 Å². The monoisotopic (exact) mass is 384 g/mol. The first-order valence-corrected chi connectivity index (χ1v) is 9.64. The van der Waals surface area contributed by atoms with E-state index in [4.69, 9.17) is 16.4 Å². The van der Waals surface area contributed by atoms with Gasteiger partial charge in [-0.2, -0.15) is 0 Å². The van der Waals surface area contributed by atoms with Crippen molar-refractivity contribution in [2.24, 2.45) is 5.92 Å². The average molecular weight is 385 g/mol. The number of rotatable bonds is 5. The van der Waals surface area contributed by atoms with Gasteiger partial charge in [0, 0.05) is 5.02 Å². The molecular weight excluding hydrogens is 364 g/mol. The van der Waals surface area contributed by atoms with Gasteiger partial charge in [0.1, 0.15) is 0 Å². The van der Waals surface area contributed by atoms with Crippen LogP contribution in [0, 0.1) is 5.92 Å². The quantitative estimate of drug-likeness (QED) is 0.724. The van der Waals surface area contributed by atoms with Gasteiger partial charge in [0.2, 0.25) is 5.91 Å². The summed E-state index contributed by atoms with van der Waals surface area (Å²) in [5.41, 5.74) is 1.40. The third-order valence-corrected chi connectivity index (χ3v) is 5.44. The molecule has 4 rings (SSSR count). The molecule has 2 aromatic rings. The number of carbonyl (C=O) groups is 2. The van der Waals surface area contributed by atoms with Crippen LogP contribution in [0.2, 0.25) is 5.02 Å². The molecule has 0 aromatic heterocycles. The fourth-order valence-corrected chi connectivity index (χ4v) is 4.00. The van der Waals surface area contributed by atoms with Gasteiger partial charge in [0.05, 0.1) is 23.3 Å². The molecule has 0 radical (unpaired) electrons. The van der Waals surface area contributed by atoms with E-state index in [1.54, 1.807) is 29.3 Å². The van der Waals surface area contributed by atoms with E-state index in [2.05, 4.69) is 6.92 Å². The van der Waals surface area contributed by atoms with E-state index in [-0.39, 0.29) is 17.9 Å². The number of imide groups is 1. The van der Waals surface area contributed by atoms with Crippen LogP contribution < -0.4 is 9.96 Å². The zero-order valence-electron chi connectivity index (χ0n) is 15.0. The lowest BCUT2D eigenvalue weighted by Crippen LogP contribution is -2.40. The van der Waals surface area contributed by atoms with E-state index < -0.39 is 12.0 Å². The molecule has 0 aliphatic carbocycles. The number of hydroxylamine groups is 1. The second-order valence-corrected chi connectivity index (χ2v) is 7.35. The predicted octanol–water partition coefficient (Wildman–Crippen LogP) is 4.21. The minimum absolute atomic E-state index is 0.161. The van der Waals surface area contributed by atoms with Crippen LogP contribution in [0.15, 0.2) is 54.6 Å². The summed E-state index contributed by atoms with van der Waals surface area (Å²) in [7, 11) is 0. The van der Waals surface area contributed by atoms with Crippen LogP contribution in [0.1, 0.15) is 26.2 Å². The average Bonchev–Trinajstić information content (AvgIpc) is 3.18. The van der Waals surface area contributed by atoms with Gasteiger partial charge < -0.3 is 0 Å². The zero-order chi connectivity index (χ0) is 19.0. The SMILES string of the molecule is CCCC[C@H]1[C@@H]2C(=O)N(c3ccc(Cl)cc3)C(=O)[C@@H]2ON1c1ccccc1. The Morgan fingerprint density at radius 3 is 2.33 bits per heavy atom. The number of amides is 2. The first-order valence-electron chi connectivity index (χ1n) is 9.26. The molecule has 2 amide bonds. The van der Waals surface area contributed by atoms with E-state index in [9.17, 15) is 9.59 Å². The summed E-state index contributed by atoms with van der Waals surface area (Å²) >= 11 is 5.93. The number of fused-ring (bicyclic) bond motifs is 1. The maximum atomic E-state index is 13.2. The van der Waals surface area contributed by atoms with Crippen molar-refractivity contribution in [3.8, 4) is 0 Å². The number of halogens is 1.